The van der Waals surface area contributed by atoms with Gasteiger partial charge < -0.3 is 10.0 Å². The highest BCUT2D eigenvalue weighted by Gasteiger charge is 2.28. The Morgan fingerprint density at radius 3 is 2.67 bits per heavy atom. The number of likely N-dealkylation sites (tertiary alicyclic amines) is 1. The van der Waals surface area contributed by atoms with Gasteiger partial charge in [-0.05, 0) is 48.6 Å². The number of nitrogens with zero attached hydrogens (tertiary/aromatic N) is 4. The maximum absolute atomic E-state index is 12.9. The monoisotopic (exact) mass is 364 g/mol. The van der Waals surface area contributed by atoms with Crippen LogP contribution in [0.25, 0.3) is 5.65 Å². The standard InChI is InChI=1S/C21H24N4O2/c1-14(2)16-6-7-18(26)17(13-16)21(27)24-11-8-15(9-12-24)20-23-22-19-5-3-4-10-25(19)20/h3-7,10,13-15,26H,8-9,11-12H2,1-2H3. The number of phenols is 1. The summed E-state index contributed by atoms with van der Waals surface area (Å²) in [6.45, 7) is 5.46. The van der Waals surface area contributed by atoms with Crippen LogP contribution >= 0.6 is 0 Å². The highest BCUT2D eigenvalue weighted by Crippen LogP contribution is 2.30. The number of aromatic nitrogens is 3. The Morgan fingerprint density at radius 1 is 1.15 bits per heavy atom. The van der Waals surface area contributed by atoms with Gasteiger partial charge in [0.2, 0.25) is 0 Å². The van der Waals surface area contributed by atoms with Crippen molar-refractivity contribution >= 4 is 11.6 Å². The average molecular weight is 364 g/mol. The third-order valence-corrected chi connectivity index (χ3v) is 5.41. The fourth-order valence-corrected chi connectivity index (χ4v) is 3.73. The van der Waals surface area contributed by atoms with Crippen molar-refractivity contribution in [1.29, 1.82) is 0 Å². The summed E-state index contributed by atoms with van der Waals surface area (Å²) in [7, 11) is 0. The maximum atomic E-state index is 12.9. The molecule has 0 saturated carbocycles. The molecule has 0 spiro atoms. The van der Waals surface area contributed by atoms with Crippen molar-refractivity contribution in [1.82, 2.24) is 19.5 Å². The van der Waals surface area contributed by atoms with Crippen molar-refractivity contribution in [3.63, 3.8) is 0 Å². The molecule has 6 nitrogen and oxygen atoms in total. The molecule has 0 radical (unpaired) electrons. The van der Waals surface area contributed by atoms with Crippen molar-refractivity contribution in [3.05, 3.63) is 59.5 Å². The van der Waals surface area contributed by atoms with Crippen molar-refractivity contribution in [2.45, 2.75) is 38.5 Å². The Kier molecular flexibility index (Phi) is 4.56. The van der Waals surface area contributed by atoms with E-state index in [1.54, 1.807) is 6.07 Å². The Labute approximate surface area is 158 Å². The van der Waals surface area contributed by atoms with Gasteiger partial charge >= 0.3 is 0 Å². The fraction of sp³-hybridized carbons (Fsp3) is 0.381. The van der Waals surface area contributed by atoms with Crippen LogP contribution in [0.15, 0.2) is 42.6 Å². The van der Waals surface area contributed by atoms with Crippen LogP contribution in [-0.2, 0) is 0 Å². The Balaban J connectivity index is 1.49. The molecule has 0 bridgehead atoms. The van der Waals surface area contributed by atoms with Crippen LogP contribution < -0.4 is 0 Å². The van der Waals surface area contributed by atoms with Crippen LogP contribution in [0.2, 0.25) is 0 Å². The van der Waals surface area contributed by atoms with E-state index in [-0.39, 0.29) is 17.6 Å². The van der Waals surface area contributed by atoms with Gasteiger partial charge in [-0.25, -0.2) is 0 Å². The predicted molar refractivity (Wildman–Crippen MR) is 103 cm³/mol. The molecule has 1 aliphatic heterocycles. The van der Waals surface area contributed by atoms with Gasteiger partial charge in [-0.3, -0.25) is 9.20 Å². The van der Waals surface area contributed by atoms with E-state index in [9.17, 15) is 9.90 Å². The normalized spacial score (nSPS) is 15.6. The molecule has 27 heavy (non-hydrogen) atoms. The molecular weight excluding hydrogens is 340 g/mol. The first-order valence-electron chi connectivity index (χ1n) is 9.46. The van der Waals surface area contributed by atoms with E-state index >= 15 is 0 Å². The van der Waals surface area contributed by atoms with Gasteiger partial charge in [0, 0.05) is 25.2 Å². The zero-order valence-electron chi connectivity index (χ0n) is 15.7. The first kappa shape index (κ1) is 17.5. The lowest BCUT2D eigenvalue weighted by atomic mass is 9.94. The summed E-state index contributed by atoms with van der Waals surface area (Å²) >= 11 is 0. The van der Waals surface area contributed by atoms with Crippen molar-refractivity contribution in [2.75, 3.05) is 13.1 Å². The molecule has 3 aromatic rings. The minimum absolute atomic E-state index is 0.0509. The van der Waals surface area contributed by atoms with Gasteiger partial charge in [0.05, 0.1) is 5.56 Å². The molecule has 1 amide bonds. The van der Waals surface area contributed by atoms with E-state index in [1.807, 2.05) is 45.8 Å². The lowest BCUT2D eigenvalue weighted by Crippen LogP contribution is -2.38. The van der Waals surface area contributed by atoms with Crippen LogP contribution in [0.4, 0.5) is 0 Å². The van der Waals surface area contributed by atoms with Crippen molar-refractivity contribution in [3.8, 4) is 5.75 Å². The number of hydrogen-bond donors (Lipinski definition) is 1. The molecule has 0 unspecified atom stereocenters. The minimum atomic E-state index is -0.0976. The number of aromatic hydroxyl groups is 1. The quantitative estimate of drug-likeness (QED) is 0.771. The Morgan fingerprint density at radius 2 is 1.93 bits per heavy atom. The minimum Gasteiger partial charge on any atom is -0.507 e. The molecule has 0 atom stereocenters. The highest BCUT2D eigenvalue weighted by atomic mass is 16.3. The van der Waals surface area contributed by atoms with E-state index in [0.717, 1.165) is 29.9 Å². The highest BCUT2D eigenvalue weighted by molar-refractivity contribution is 5.97. The van der Waals surface area contributed by atoms with Crippen LogP contribution in [0, 0.1) is 0 Å². The molecule has 4 rings (SSSR count). The second-order valence-corrected chi connectivity index (χ2v) is 7.48. The molecule has 0 aliphatic carbocycles. The zero-order valence-corrected chi connectivity index (χ0v) is 15.7. The number of phenolic OH excluding ortho intramolecular Hbond substituents is 1. The van der Waals surface area contributed by atoms with Crippen LogP contribution in [0.1, 0.15) is 60.3 Å². The molecule has 1 aliphatic rings. The predicted octanol–water partition coefficient (Wildman–Crippen LogP) is 3.58. The molecule has 1 saturated heterocycles. The summed E-state index contributed by atoms with van der Waals surface area (Å²) in [5, 5.41) is 18.8. The first-order chi connectivity index (χ1) is 13.0. The van der Waals surface area contributed by atoms with Crippen LogP contribution in [0.3, 0.4) is 0 Å². The summed E-state index contributed by atoms with van der Waals surface area (Å²) in [6, 6.07) is 11.2. The van der Waals surface area contributed by atoms with Crippen LogP contribution in [-0.4, -0.2) is 43.6 Å². The van der Waals surface area contributed by atoms with Crippen LogP contribution in [0.5, 0.6) is 5.75 Å². The number of fused-ring (bicyclic) bond motifs is 1. The number of piperidine rings is 1. The summed E-state index contributed by atoms with van der Waals surface area (Å²) in [4.78, 5) is 14.8. The van der Waals surface area contributed by atoms with Gasteiger partial charge in [0.15, 0.2) is 5.65 Å². The number of benzene rings is 1. The number of carbonyl (C=O) groups excluding carboxylic acids is 1. The molecular formula is C21H24N4O2. The molecule has 140 valence electrons. The third kappa shape index (κ3) is 3.27. The Hall–Kier alpha value is -2.89. The van der Waals surface area contributed by atoms with Crippen molar-refractivity contribution in [2.24, 2.45) is 0 Å². The topological polar surface area (TPSA) is 70.7 Å². The van der Waals surface area contributed by atoms with E-state index in [4.69, 9.17) is 0 Å². The third-order valence-electron chi connectivity index (χ3n) is 5.41. The van der Waals surface area contributed by atoms with Gasteiger partial charge in [0.25, 0.3) is 5.91 Å². The van der Waals surface area contributed by atoms with Crippen molar-refractivity contribution < 1.29 is 9.90 Å². The number of rotatable bonds is 3. The first-order valence-corrected chi connectivity index (χ1v) is 9.46. The SMILES string of the molecule is CC(C)c1ccc(O)c(C(=O)N2CCC(c3nnc4ccccn34)CC2)c1. The fourth-order valence-electron chi connectivity index (χ4n) is 3.73. The molecule has 2 aromatic heterocycles. The Bertz CT molecular complexity index is 971. The molecule has 3 heterocycles. The molecule has 6 heteroatoms. The van der Waals surface area contributed by atoms with Gasteiger partial charge in [0.1, 0.15) is 11.6 Å². The summed E-state index contributed by atoms with van der Waals surface area (Å²) in [5.41, 5.74) is 2.30. The van der Waals surface area contributed by atoms with E-state index in [1.165, 1.54) is 0 Å². The maximum Gasteiger partial charge on any atom is 0.257 e. The van der Waals surface area contributed by atoms with Gasteiger partial charge in [-0.1, -0.05) is 26.0 Å². The lowest BCUT2D eigenvalue weighted by Gasteiger charge is -2.31. The smallest absolute Gasteiger partial charge is 0.257 e. The lowest BCUT2D eigenvalue weighted by molar-refractivity contribution is 0.0707. The summed E-state index contributed by atoms with van der Waals surface area (Å²) in [5.74, 6) is 1.50. The van der Waals surface area contributed by atoms with Gasteiger partial charge in [-0.15, -0.1) is 10.2 Å². The largest absolute Gasteiger partial charge is 0.507 e. The number of amides is 1. The number of carbonyl (C=O) groups is 1. The molecule has 1 N–H and O–H groups in total. The second-order valence-electron chi connectivity index (χ2n) is 7.48. The number of hydrogen-bond acceptors (Lipinski definition) is 4. The average Bonchev–Trinajstić information content (AvgIpc) is 3.12. The molecule has 1 fully saturated rings. The second kappa shape index (κ2) is 7.02. The van der Waals surface area contributed by atoms with E-state index in [0.29, 0.717) is 24.6 Å². The van der Waals surface area contributed by atoms with E-state index in [2.05, 4.69) is 24.0 Å². The zero-order chi connectivity index (χ0) is 19.0. The number of pyridine rings is 1. The van der Waals surface area contributed by atoms with E-state index < -0.39 is 0 Å². The summed E-state index contributed by atoms with van der Waals surface area (Å²) in [6.07, 6.45) is 3.66. The van der Waals surface area contributed by atoms with Gasteiger partial charge in [-0.2, -0.15) is 0 Å². The summed E-state index contributed by atoms with van der Waals surface area (Å²) < 4.78 is 2.03. The molecule has 1 aromatic carbocycles.